The summed E-state index contributed by atoms with van der Waals surface area (Å²) in [6.07, 6.45) is 2.29. The van der Waals surface area contributed by atoms with Gasteiger partial charge in [0, 0.05) is 31.5 Å². The molecule has 70 heavy (non-hydrogen) atoms. The van der Waals surface area contributed by atoms with Crippen LogP contribution in [-0.2, 0) is 52.0 Å². The van der Waals surface area contributed by atoms with E-state index in [0.29, 0.717) is 12.8 Å². The zero-order chi connectivity index (χ0) is 50.2. The maximum Gasteiger partial charge on any atom is 0.408 e. The van der Waals surface area contributed by atoms with Crippen molar-refractivity contribution in [1.82, 2.24) is 26.6 Å². The summed E-state index contributed by atoms with van der Waals surface area (Å²) < 4.78 is 15.9. The summed E-state index contributed by atoms with van der Waals surface area (Å²) in [5.74, 6) is -2.21. The molecule has 3 atom stereocenters. The fourth-order valence-corrected chi connectivity index (χ4v) is 7.71. The third kappa shape index (κ3) is 17.4. The van der Waals surface area contributed by atoms with Gasteiger partial charge in [0.1, 0.15) is 29.8 Å². The van der Waals surface area contributed by atoms with Gasteiger partial charge in [0.15, 0.2) is 0 Å². The molecule has 5 rings (SSSR count). The topological polar surface area (TPSA) is 190 Å². The molecule has 0 aliphatic carbocycles. The Morgan fingerprint density at radius 2 is 1.09 bits per heavy atom. The van der Waals surface area contributed by atoms with Gasteiger partial charge < -0.3 is 40.8 Å². The van der Waals surface area contributed by atoms with E-state index in [4.69, 9.17) is 14.2 Å². The van der Waals surface area contributed by atoms with E-state index in [1.807, 2.05) is 140 Å². The molecule has 5 aromatic carbocycles. The Morgan fingerprint density at radius 3 is 1.61 bits per heavy atom. The van der Waals surface area contributed by atoms with E-state index in [0.717, 1.165) is 27.8 Å². The Balaban J connectivity index is 1.37. The summed E-state index contributed by atoms with van der Waals surface area (Å²) in [6.45, 7) is 7.31. The number of hydrogen-bond acceptors (Lipinski definition) is 9. The fraction of sp³-hybridized carbons (Fsp3) is 0.321. The SMILES string of the molecule is CCOC(=O)/C=C/[C@H](CCC(=O)NC(c1ccccc1)(c1ccccc1)c1ccccc1)NC(=O)[C@H](Cc1ccccc1)NC(=O)[C@H](CCCCNC(=O)OC(C)(C)C)NC(=O)OCc1ccccc1. The van der Waals surface area contributed by atoms with Crippen LogP contribution in [0, 0.1) is 0 Å². The van der Waals surface area contributed by atoms with Crippen LogP contribution < -0.4 is 26.6 Å². The fourth-order valence-electron chi connectivity index (χ4n) is 7.71. The summed E-state index contributed by atoms with van der Waals surface area (Å²) >= 11 is 0. The van der Waals surface area contributed by atoms with Crippen LogP contribution in [-0.4, -0.2) is 72.8 Å². The lowest BCUT2D eigenvalue weighted by atomic mass is 9.77. The van der Waals surface area contributed by atoms with Crippen molar-refractivity contribution in [3.63, 3.8) is 0 Å². The number of carbonyl (C=O) groups is 6. The Bertz CT molecular complexity index is 2350. The highest BCUT2D eigenvalue weighted by Crippen LogP contribution is 2.37. The normalized spacial score (nSPS) is 12.6. The minimum absolute atomic E-state index is 0.0374. The molecular weight excluding hydrogens is 887 g/mol. The molecular formula is C56H65N5O9. The van der Waals surface area contributed by atoms with Gasteiger partial charge in [-0.2, -0.15) is 0 Å². The lowest BCUT2D eigenvalue weighted by molar-refractivity contribution is -0.137. The van der Waals surface area contributed by atoms with Crippen molar-refractivity contribution < 1.29 is 43.0 Å². The second-order valence-corrected chi connectivity index (χ2v) is 17.6. The van der Waals surface area contributed by atoms with Gasteiger partial charge in [0.05, 0.1) is 6.61 Å². The highest BCUT2D eigenvalue weighted by atomic mass is 16.6. The van der Waals surface area contributed by atoms with Crippen molar-refractivity contribution in [2.45, 2.75) is 102 Å². The van der Waals surface area contributed by atoms with Crippen LogP contribution in [0.2, 0.25) is 0 Å². The summed E-state index contributed by atoms with van der Waals surface area (Å²) in [7, 11) is 0. The number of esters is 1. The lowest BCUT2D eigenvalue weighted by Gasteiger charge is -2.37. The Labute approximate surface area is 411 Å². The van der Waals surface area contributed by atoms with Crippen LogP contribution in [0.4, 0.5) is 9.59 Å². The average molecular weight is 952 g/mol. The van der Waals surface area contributed by atoms with E-state index in [9.17, 15) is 28.8 Å². The number of unbranched alkanes of at least 4 members (excludes halogenated alkanes) is 1. The van der Waals surface area contributed by atoms with Crippen molar-refractivity contribution in [2.24, 2.45) is 0 Å². The van der Waals surface area contributed by atoms with E-state index in [2.05, 4.69) is 26.6 Å². The zero-order valence-corrected chi connectivity index (χ0v) is 40.4. The Hall–Kier alpha value is -7.74. The second-order valence-electron chi connectivity index (χ2n) is 17.6. The van der Waals surface area contributed by atoms with Gasteiger partial charge in [-0.15, -0.1) is 0 Å². The minimum atomic E-state index is -1.18. The van der Waals surface area contributed by atoms with E-state index < -0.39 is 59.2 Å². The first-order valence-corrected chi connectivity index (χ1v) is 23.7. The Kier molecular flexibility index (Phi) is 20.8. The van der Waals surface area contributed by atoms with Gasteiger partial charge in [-0.25, -0.2) is 14.4 Å². The number of carbonyl (C=O) groups excluding carboxylic acids is 6. The molecule has 0 unspecified atom stereocenters. The van der Waals surface area contributed by atoms with Crippen LogP contribution in [0.1, 0.15) is 87.6 Å². The summed E-state index contributed by atoms with van der Waals surface area (Å²) in [5.41, 5.74) is 2.23. The number of rotatable bonds is 24. The maximum atomic E-state index is 14.5. The number of nitrogens with one attached hydrogen (secondary N) is 5. The molecule has 5 amide bonds. The first-order valence-electron chi connectivity index (χ1n) is 23.7. The van der Waals surface area contributed by atoms with Crippen molar-refractivity contribution in [3.05, 3.63) is 192 Å². The predicted octanol–water partition coefficient (Wildman–Crippen LogP) is 8.20. The molecule has 0 bridgehead atoms. The quantitative estimate of drug-likeness (QED) is 0.0134. The summed E-state index contributed by atoms with van der Waals surface area (Å²) in [4.78, 5) is 81.2. The Morgan fingerprint density at radius 1 is 0.571 bits per heavy atom. The molecule has 14 nitrogen and oxygen atoms in total. The lowest BCUT2D eigenvalue weighted by Crippen LogP contribution is -2.55. The van der Waals surface area contributed by atoms with Gasteiger partial charge >= 0.3 is 18.2 Å². The molecule has 0 saturated heterocycles. The number of hydrogen-bond donors (Lipinski definition) is 5. The van der Waals surface area contributed by atoms with Crippen molar-refractivity contribution in [1.29, 1.82) is 0 Å². The molecule has 0 radical (unpaired) electrons. The molecule has 0 aromatic heterocycles. The van der Waals surface area contributed by atoms with Crippen molar-refractivity contribution >= 4 is 35.9 Å². The third-order valence-corrected chi connectivity index (χ3v) is 11.0. The van der Waals surface area contributed by atoms with Gasteiger partial charge in [-0.05, 0) is 81.2 Å². The highest BCUT2D eigenvalue weighted by Gasteiger charge is 2.38. The molecule has 14 heteroatoms. The van der Waals surface area contributed by atoms with Crippen LogP contribution in [0.15, 0.2) is 164 Å². The first kappa shape index (κ1) is 53.2. The predicted molar refractivity (Wildman–Crippen MR) is 268 cm³/mol. The average Bonchev–Trinajstić information content (AvgIpc) is 3.36. The van der Waals surface area contributed by atoms with E-state index >= 15 is 0 Å². The molecule has 5 N–H and O–H groups in total. The molecule has 0 aliphatic heterocycles. The molecule has 368 valence electrons. The van der Waals surface area contributed by atoms with Crippen LogP contribution in [0.5, 0.6) is 0 Å². The van der Waals surface area contributed by atoms with Crippen LogP contribution in [0.3, 0.4) is 0 Å². The monoisotopic (exact) mass is 951 g/mol. The van der Waals surface area contributed by atoms with E-state index in [-0.39, 0.29) is 51.3 Å². The number of benzene rings is 5. The van der Waals surface area contributed by atoms with Gasteiger partial charge in [0.25, 0.3) is 0 Å². The molecule has 0 aliphatic rings. The van der Waals surface area contributed by atoms with Crippen molar-refractivity contribution in [3.8, 4) is 0 Å². The first-order chi connectivity index (χ1) is 33.8. The smallest absolute Gasteiger partial charge is 0.408 e. The maximum absolute atomic E-state index is 14.5. The number of ether oxygens (including phenoxy) is 3. The standard InChI is InChI=1S/C56H65N5O9/c1-5-68-50(63)37-35-46(34-36-49(62)61-56(43-27-15-8-16-28-43,44-29-17-9-18-30-44)45-31-19-10-20-32-45)58-52(65)48(39-41-23-11-6-12-24-41)59-51(64)47(33-21-22-38-57-53(66)70-55(2,3)4)60-54(67)69-40-42-25-13-7-14-26-42/h6-20,23-32,35,37,46-48H,5,21-22,33-34,36,38-40H2,1-4H3,(H,57,66)(H,58,65)(H,59,64)(H,60,67)(H,61,62)/b37-35+/t46-,47-,48-/m0/s1. The summed E-state index contributed by atoms with van der Waals surface area (Å²) in [6, 6.07) is 44.0. The molecule has 0 fully saturated rings. The largest absolute Gasteiger partial charge is 0.463 e. The number of alkyl carbamates (subject to hydrolysis) is 2. The van der Waals surface area contributed by atoms with E-state index in [1.165, 1.54) is 12.2 Å². The highest BCUT2D eigenvalue weighted by molar-refractivity contribution is 5.92. The van der Waals surface area contributed by atoms with Crippen molar-refractivity contribution in [2.75, 3.05) is 13.2 Å². The van der Waals surface area contributed by atoms with Crippen LogP contribution >= 0.6 is 0 Å². The van der Waals surface area contributed by atoms with E-state index in [1.54, 1.807) is 39.8 Å². The number of amides is 5. The van der Waals surface area contributed by atoms with Gasteiger partial charge in [-0.1, -0.05) is 158 Å². The zero-order valence-electron chi connectivity index (χ0n) is 40.4. The summed E-state index contributed by atoms with van der Waals surface area (Å²) in [5, 5.41) is 14.6. The molecule has 0 saturated carbocycles. The third-order valence-electron chi connectivity index (χ3n) is 11.0. The molecule has 0 spiro atoms. The van der Waals surface area contributed by atoms with Gasteiger partial charge in [-0.3, -0.25) is 14.4 Å². The minimum Gasteiger partial charge on any atom is -0.463 e. The molecule has 0 heterocycles. The van der Waals surface area contributed by atoms with Gasteiger partial charge in [0.2, 0.25) is 17.7 Å². The molecule has 5 aromatic rings. The van der Waals surface area contributed by atoms with Crippen LogP contribution in [0.25, 0.3) is 0 Å². The second kappa shape index (κ2) is 27.3.